The van der Waals surface area contributed by atoms with Gasteiger partial charge in [-0.2, -0.15) is 0 Å². The van der Waals surface area contributed by atoms with Gasteiger partial charge in [0.2, 0.25) is 0 Å². The van der Waals surface area contributed by atoms with Crippen molar-refractivity contribution in [3.63, 3.8) is 0 Å². The molecule has 1 nitrogen and oxygen atoms in total. The summed E-state index contributed by atoms with van der Waals surface area (Å²) in [6.45, 7) is 0. The molecule has 0 amide bonds. The van der Waals surface area contributed by atoms with Gasteiger partial charge in [0, 0.05) is 22.3 Å². The van der Waals surface area contributed by atoms with E-state index in [1.54, 1.807) is 0 Å². The summed E-state index contributed by atoms with van der Waals surface area (Å²) in [7, 11) is 0. The number of benzene rings is 2. The molecule has 0 N–H and O–H groups in total. The first-order valence-corrected chi connectivity index (χ1v) is 6.49. The summed E-state index contributed by atoms with van der Waals surface area (Å²) >= 11 is 6.07. The lowest BCUT2D eigenvalue weighted by Gasteiger charge is -2.09. The van der Waals surface area contributed by atoms with E-state index in [-0.39, 0.29) is 0 Å². The molecular weight excluding hydrogens is 254 g/mol. The summed E-state index contributed by atoms with van der Waals surface area (Å²) in [5, 5.41) is 0.724. The second-order valence-corrected chi connectivity index (χ2v) is 4.71. The number of pyridine rings is 1. The lowest BCUT2D eigenvalue weighted by atomic mass is 10.00. The average molecular weight is 266 g/mol. The fourth-order valence-corrected chi connectivity index (χ4v) is 2.31. The van der Waals surface area contributed by atoms with Crippen molar-refractivity contribution in [2.45, 2.75) is 0 Å². The maximum atomic E-state index is 6.07. The fraction of sp³-hybridized carbons (Fsp3) is 0. The van der Waals surface area contributed by atoms with Crippen LogP contribution in [0.4, 0.5) is 0 Å². The van der Waals surface area contributed by atoms with Crippen molar-refractivity contribution in [2.24, 2.45) is 0 Å². The van der Waals surface area contributed by atoms with E-state index in [4.69, 9.17) is 11.6 Å². The van der Waals surface area contributed by atoms with Crippen molar-refractivity contribution in [3.05, 3.63) is 77.9 Å². The number of hydrogen-bond donors (Lipinski definition) is 0. The van der Waals surface area contributed by atoms with Gasteiger partial charge in [-0.3, -0.25) is 4.98 Å². The fourth-order valence-electron chi connectivity index (χ4n) is 2.12. The van der Waals surface area contributed by atoms with Crippen LogP contribution in [-0.2, 0) is 0 Å². The molecule has 1 aromatic heterocycles. The molecule has 92 valence electrons. The topological polar surface area (TPSA) is 12.9 Å². The molecule has 2 aromatic carbocycles. The number of nitrogens with zero attached hydrogens (tertiary/aromatic N) is 1. The Morgan fingerprint density at radius 3 is 2.32 bits per heavy atom. The van der Waals surface area contributed by atoms with Gasteiger partial charge >= 0.3 is 0 Å². The van der Waals surface area contributed by atoms with E-state index in [0.717, 1.165) is 27.4 Å². The van der Waals surface area contributed by atoms with Gasteiger partial charge in [0.05, 0.1) is 5.69 Å². The van der Waals surface area contributed by atoms with Crippen LogP contribution in [-0.4, -0.2) is 4.98 Å². The second-order valence-electron chi connectivity index (χ2n) is 4.28. The van der Waals surface area contributed by atoms with Gasteiger partial charge in [-0.05, 0) is 23.8 Å². The first-order chi connectivity index (χ1) is 9.34. The van der Waals surface area contributed by atoms with Crippen molar-refractivity contribution < 1.29 is 0 Å². The summed E-state index contributed by atoms with van der Waals surface area (Å²) in [4.78, 5) is 4.51. The van der Waals surface area contributed by atoms with Crippen molar-refractivity contribution in [3.8, 4) is 22.4 Å². The molecule has 0 fully saturated rings. The molecule has 0 aliphatic heterocycles. The Kier molecular flexibility index (Phi) is 3.30. The molecular formula is C17H12ClN. The minimum atomic E-state index is 0.724. The predicted molar refractivity (Wildman–Crippen MR) is 80.1 cm³/mol. The predicted octanol–water partition coefficient (Wildman–Crippen LogP) is 5.07. The molecule has 19 heavy (non-hydrogen) atoms. The normalized spacial score (nSPS) is 10.4. The van der Waals surface area contributed by atoms with Crippen LogP contribution in [0.5, 0.6) is 0 Å². The lowest BCUT2D eigenvalue weighted by molar-refractivity contribution is 1.32. The van der Waals surface area contributed by atoms with E-state index < -0.39 is 0 Å². The summed E-state index contributed by atoms with van der Waals surface area (Å²) in [5.41, 5.74) is 4.26. The van der Waals surface area contributed by atoms with Gasteiger partial charge < -0.3 is 0 Å². The maximum absolute atomic E-state index is 6.07. The first kappa shape index (κ1) is 11.9. The zero-order valence-corrected chi connectivity index (χ0v) is 11.0. The minimum Gasteiger partial charge on any atom is -0.256 e. The molecule has 0 unspecified atom stereocenters. The minimum absolute atomic E-state index is 0.724. The molecule has 0 spiro atoms. The molecule has 2 heteroatoms. The Morgan fingerprint density at radius 2 is 1.53 bits per heavy atom. The summed E-state index contributed by atoms with van der Waals surface area (Å²) in [6.07, 6.45) is 1.81. The molecule has 3 aromatic rings. The van der Waals surface area contributed by atoms with E-state index in [1.807, 2.05) is 54.7 Å². The summed E-state index contributed by atoms with van der Waals surface area (Å²) in [6, 6.07) is 22.1. The maximum Gasteiger partial charge on any atom is 0.0780 e. The first-order valence-electron chi connectivity index (χ1n) is 6.11. The summed E-state index contributed by atoms with van der Waals surface area (Å²) < 4.78 is 0. The zero-order chi connectivity index (χ0) is 13.1. The molecule has 0 radical (unpaired) electrons. The van der Waals surface area contributed by atoms with Crippen LogP contribution < -0.4 is 0 Å². The van der Waals surface area contributed by atoms with Crippen molar-refractivity contribution in [2.75, 3.05) is 0 Å². The third-order valence-corrected chi connectivity index (χ3v) is 3.23. The molecule has 1 heterocycles. The van der Waals surface area contributed by atoms with Crippen LogP contribution in [0.15, 0.2) is 72.9 Å². The number of halogens is 1. The van der Waals surface area contributed by atoms with Gasteiger partial charge in [0.25, 0.3) is 0 Å². The molecule has 0 atom stereocenters. The van der Waals surface area contributed by atoms with Gasteiger partial charge in [0.15, 0.2) is 0 Å². The average Bonchev–Trinajstić information content (AvgIpc) is 2.48. The third kappa shape index (κ3) is 2.51. The van der Waals surface area contributed by atoms with Crippen molar-refractivity contribution in [1.29, 1.82) is 0 Å². The highest BCUT2D eigenvalue weighted by atomic mass is 35.5. The van der Waals surface area contributed by atoms with Crippen LogP contribution in [0.1, 0.15) is 0 Å². The van der Waals surface area contributed by atoms with Gasteiger partial charge in [-0.15, -0.1) is 0 Å². The standard InChI is InChI=1S/C17H12ClN/c18-15-9-4-8-14(12-15)17-16(10-5-11-19-17)13-6-2-1-3-7-13/h1-12H. The Balaban J connectivity index is 2.18. The Labute approximate surface area is 117 Å². The molecule has 0 aliphatic carbocycles. The smallest absolute Gasteiger partial charge is 0.0780 e. The van der Waals surface area contributed by atoms with Crippen molar-refractivity contribution >= 4 is 11.6 Å². The second kappa shape index (κ2) is 5.25. The lowest BCUT2D eigenvalue weighted by Crippen LogP contribution is -1.88. The zero-order valence-electron chi connectivity index (χ0n) is 10.3. The van der Waals surface area contributed by atoms with Gasteiger partial charge in [-0.1, -0.05) is 60.1 Å². The monoisotopic (exact) mass is 265 g/mol. The van der Waals surface area contributed by atoms with E-state index in [2.05, 4.69) is 23.2 Å². The van der Waals surface area contributed by atoms with Crippen LogP contribution >= 0.6 is 11.6 Å². The summed E-state index contributed by atoms with van der Waals surface area (Å²) in [5.74, 6) is 0. The van der Waals surface area contributed by atoms with Gasteiger partial charge in [0.1, 0.15) is 0 Å². The highest BCUT2D eigenvalue weighted by Gasteiger charge is 2.08. The molecule has 0 saturated heterocycles. The van der Waals surface area contributed by atoms with Gasteiger partial charge in [-0.25, -0.2) is 0 Å². The number of hydrogen-bond acceptors (Lipinski definition) is 1. The van der Waals surface area contributed by atoms with E-state index in [9.17, 15) is 0 Å². The van der Waals surface area contributed by atoms with Crippen molar-refractivity contribution in [1.82, 2.24) is 4.98 Å². The SMILES string of the molecule is Clc1cccc(-c2ncccc2-c2ccccc2)c1. The number of aromatic nitrogens is 1. The number of rotatable bonds is 2. The van der Waals surface area contributed by atoms with E-state index >= 15 is 0 Å². The quantitative estimate of drug-likeness (QED) is 0.630. The molecule has 0 saturated carbocycles. The van der Waals surface area contributed by atoms with Crippen LogP contribution in [0.3, 0.4) is 0 Å². The molecule has 3 rings (SSSR count). The van der Waals surface area contributed by atoms with E-state index in [0.29, 0.717) is 0 Å². The van der Waals surface area contributed by atoms with Crippen LogP contribution in [0.25, 0.3) is 22.4 Å². The van der Waals surface area contributed by atoms with E-state index in [1.165, 1.54) is 0 Å². The highest BCUT2D eigenvalue weighted by molar-refractivity contribution is 6.30. The third-order valence-electron chi connectivity index (χ3n) is 2.99. The Morgan fingerprint density at radius 1 is 0.737 bits per heavy atom. The highest BCUT2D eigenvalue weighted by Crippen LogP contribution is 2.30. The Bertz CT molecular complexity index is 692. The van der Waals surface area contributed by atoms with Crippen LogP contribution in [0, 0.1) is 0 Å². The molecule has 0 bridgehead atoms. The Hall–Kier alpha value is -2.12. The largest absolute Gasteiger partial charge is 0.256 e. The molecule has 0 aliphatic rings. The van der Waals surface area contributed by atoms with Crippen LogP contribution in [0.2, 0.25) is 5.02 Å².